The molecule has 2 N–H and O–H groups in total. The molecule has 1 amide bonds. The highest BCUT2D eigenvalue weighted by Crippen LogP contribution is 2.23. The van der Waals surface area contributed by atoms with Crippen molar-refractivity contribution in [2.24, 2.45) is 0 Å². The van der Waals surface area contributed by atoms with Gasteiger partial charge in [0.2, 0.25) is 15.9 Å². The van der Waals surface area contributed by atoms with Crippen LogP contribution >= 0.6 is 0 Å². The number of aliphatic hydroxyl groups excluding tert-OH is 1. The van der Waals surface area contributed by atoms with Gasteiger partial charge in [-0.15, -0.1) is 0 Å². The van der Waals surface area contributed by atoms with Gasteiger partial charge in [0.1, 0.15) is 18.5 Å². The van der Waals surface area contributed by atoms with E-state index >= 15 is 0 Å². The van der Waals surface area contributed by atoms with Gasteiger partial charge in [-0.3, -0.25) is 4.79 Å². The molecular weight excluding hydrogens is 380 g/mol. The maximum atomic E-state index is 12.4. The molecule has 1 atom stereocenters. The van der Waals surface area contributed by atoms with Crippen molar-refractivity contribution in [1.29, 1.82) is 0 Å². The van der Waals surface area contributed by atoms with Crippen molar-refractivity contribution in [3.8, 4) is 5.75 Å². The number of aliphatic hydroxyl groups is 1. The summed E-state index contributed by atoms with van der Waals surface area (Å²) in [5, 5.41) is 10.00. The Balaban J connectivity index is 1.52. The number of rotatable bonds is 8. The lowest BCUT2D eigenvalue weighted by Crippen LogP contribution is -2.35. The zero-order chi connectivity index (χ0) is 20.1. The molecule has 8 heteroatoms. The predicted molar refractivity (Wildman–Crippen MR) is 106 cm³/mol. The quantitative estimate of drug-likeness (QED) is 0.700. The molecule has 7 nitrogen and oxygen atoms in total. The molecule has 1 aliphatic heterocycles. The predicted octanol–water partition coefficient (Wildman–Crippen LogP) is 1.84. The normalized spacial score (nSPS) is 15.6. The maximum Gasteiger partial charge on any atom is 0.240 e. The minimum atomic E-state index is -3.77. The van der Waals surface area contributed by atoms with Crippen LogP contribution in [0.15, 0.2) is 53.4 Å². The Kier molecular flexibility index (Phi) is 6.33. The van der Waals surface area contributed by atoms with Crippen LogP contribution in [0.2, 0.25) is 0 Å². The summed E-state index contributed by atoms with van der Waals surface area (Å²) in [7, 11) is -3.77. The Morgan fingerprint density at radius 1 is 1.14 bits per heavy atom. The largest absolute Gasteiger partial charge is 0.491 e. The van der Waals surface area contributed by atoms with Crippen LogP contribution < -0.4 is 14.4 Å². The van der Waals surface area contributed by atoms with Crippen molar-refractivity contribution in [2.45, 2.75) is 30.8 Å². The maximum absolute atomic E-state index is 12.4. The fraction of sp³-hybridized carbons (Fsp3) is 0.350. The van der Waals surface area contributed by atoms with Gasteiger partial charge < -0.3 is 14.7 Å². The van der Waals surface area contributed by atoms with Crippen molar-refractivity contribution >= 4 is 21.6 Å². The second-order valence-electron chi connectivity index (χ2n) is 6.77. The third-order valence-corrected chi connectivity index (χ3v) is 5.94. The van der Waals surface area contributed by atoms with E-state index in [0.717, 1.165) is 12.0 Å². The number of anilines is 1. The Morgan fingerprint density at radius 3 is 2.43 bits per heavy atom. The number of sulfonamides is 1. The fourth-order valence-electron chi connectivity index (χ4n) is 2.90. The summed E-state index contributed by atoms with van der Waals surface area (Å²) >= 11 is 0. The molecular formula is C20H24N2O5S. The zero-order valence-electron chi connectivity index (χ0n) is 15.7. The highest BCUT2D eigenvalue weighted by Gasteiger charge is 2.22. The number of hydrogen-bond donors (Lipinski definition) is 2. The Morgan fingerprint density at radius 2 is 1.82 bits per heavy atom. The SMILES string of the molecule is Cc1ccc(OC[C@H](O)CNS(=O)(=O)c2ccc(N3CCCC3=O)cc2)cc1. The van der Waals surface area contributed by atoms with Gasteiger partial charge in [0.15, 0.2) is 0 Å². The van der Waals surface area contributed by atoms with Gasteiger partial charge in [-0.05, 0) is 49.7 Å². The number of nitrogens with zero attached hydrogens (tertiary/aromatic N) is 1. The minimum Gasteiger partial charge on any atom is -0.491 e. The first-order chi connectivity index (χ1) is 13.3. The molecule has 3 rings (SSSR count). The molecule has 0 aliphatic carbocycles. The average molecular weight is 404 g/mol. The van der Waals surface area contributed by atoms with E-state index in [4.69, 9.17) is 4.74 Å². The molecule has 1 fully saturated rings. The van der Waals surface area contributed by atoms with Crippen LogP contribution in [0.5, 0.6) is 5.75 Å². The molecule has 0 spiro atoms. The summed E-state index contributed by atoms with van der Waals surface area (Å²) in [6, 6.07) is 13.5. The van der Waals surface area contributed by atoms with Gasteiger partial charge in [-0.25, -0.2) is 13.1 Å². The van der Waals surface area contributed by atoms with E-state index in [0.29, 0.717) is 24.4 Å². The molecule has 1 aliphatic rings. The molecule has 0 radical (unpaired) electrons. The van der Waals surface area contributed by atoms with Gasteiger partial charge in [-0.2, -0.15) is 0 Å². The number of carbonyl (C=O) groups excluding carboxylic acids is 1. The van der Waals surface area contributed by atoms with Gasteiger partial charge in [-0.1, -0.05) is 17.7 Å². The number of carbonyl (C=O) groups is 1. The lowest BCUT2D eigenvalue weighted by Gasteiger charge is -2.16. The second-order valence-corrected chi connectivity index (χ2v) is 8.54. The van der Waals surface area contributed by atoms with Crippen LogP contribution in [0.25, 0.3) is 0 Å². The summed E-state index contributed by atoms with van der Waals surface area (Å²) in [6.45, 7) is 2.42. The van der Waals surface area contributed by atoms with Crippen LogP contribution in [0, 0.1) is 6.92 Å². The van der Waals surface area contributed by atoms with Crippen molar-refractivity contribution in [3.63, 3.8) is 0 Å². The van der Waals surface area contributed by atoms with Crippen molar-refractivity contribution in [3.05, 3.63) is 54.1 Å². The van der Waals surface area contributed by atoms with E-state index in [1.807, 2.05) is 19.1 Å². The lowest BCUT2D eigenvalue weighted by atomic mass is 10.2. The van der Waals surface area contributed by atoms with Crippen LogP contribution in [0.3, 0.4) is 0 Å². The van der Waals surface area contributed by atoms with Gasteiger partial charge in [0.25, 0.3) is 0 Å². The van der Waals surface area contributed by atoms with Gasteiger partial charge in [0, 0.05) is 25.2 Å². The van der Waals surface area contributed by atoms with Gasteiger partial charge in [0.05, 0.1) is 4.90 Å². The van der Waals surface area contributed by atoms with E-state index in [-0.39, 0.29) is 24.0 Å². The molecule has 0 unspecified atom stereocenters. The van der Waals surface area contributed by atoms with Crippen LogP contribution in [-0.2, 0) is 14.8 Å². The number of ether oxygens (including phenoxy) is 1. The summed E-state index contributed by atoms with van der Waals surface area (Å²) in [4.78, 5) is 13.5. The molecule has 1 heterocycles. The van der Waals surface area contributed by atoms with Crippen molar-refractivity contribution < 1.29 is 23.1 Å². The Labute approximate surface area is 165 Å². The van der Waals surface area contributed by atoms with Crippen molar-refractivity contribution in [1.82, 2.24) is 4.72 Å². The molecule has 2 aromatic rings. The Hall–Kier alpha value is -2.42. The number of amides is 1. The fourth-order valence-corrected chi connectivity index (χ4v) is 3.97. The summed E-state index contributed by atoms with van der Waals surface area (Å²) in [5.41, 5.74) is 1.79. The number of aryl methyl sites for hydroxylation is 1. The third-order valence-electron chi connectivity index (χ3n) is 4.50. The Bertz CT molecular complexity index is 911. The molecule has 1 saturated heterocycles. The molecule has 2 aromatic carbocycles. The third kappa shape index (κ3) is 5.09. The van der Waals surface area contributed by atoms with Crippen LogP contribution in [0.1, 0.15) is 18.4 Å². The van der Waals surface area contributed by atoms with E-state index < -0.39 is 16.1 Å². The molecule has 150 valence electrons. The van der Waals surface area contributed by atoms with Crippen LogP contribution in [-0.4, -0.2) is 45.2 Å². The van der Waals surface area contributed by atoms with E-state index in [1.54, 1.807) is 29.2 Å². The van der Waals surface area contributed by atoms with Crippen molar-refractivity contribution in [2.75, 3.05) is 24.6 Å². The number of hydrogen-bond acceptors (Lipinski definition) is 5. The molecule has 28 heavy (non-hydrogen) atoms. The first kappa shape index (κ1) is 20.3. The lowest BCUT2D eigenvalue weighted by molar-refractivity contribution is -0.117. The highest BCUT2D eigenvalue weighted by molar-refractivity contribution is 7.89. The van der Waals surface area contributed by atoms with E-state index in [2.05, 4.69) is 4.72 Å². The minimum absolute atomic E-state index is 0.0262. The zero-order valence-corrected chi connectivity index (χ0v) is 16.5. The number of benzene rings is 2. The number of nitrogens with one attached hydrogen (secondary N) is 1. The summed E-state index contributed by atoms with van der Waals surface area (Å²) in [6.07, 6.45) is 0.338. The van der Waals surface area contributed by atoms with Gasteiger partial charge >= 0.3 is 0 Å². The molecule has 0 aromatic heterocycles. The standard InChI is InChI=1S/C20H24N2O5S/c1-15-4-8-18(9-5-15)27-14-17(23)13-21-28(25,26)19-10-6-16(7-11-19)22-12-2-3-20(22)24/h4-11,17,21,23H,2-3,12-14H2,1H3/t17-/m1/s1. The monoisotopic (exact) mass is 404 g/mol. The second kappa shape index (κ2) is 8.72. The smallest absolute Gasteiger partial charge is 0.240 e. The van der Waals surface area contributed by atoms with E-state index in [1.165, 1.54) is 12.1 Å². The summed E-state index contributed by atoms with van der Waals surface area (Å²) in [5.74, 6) is 0.657. The molecule has 0 saturated carbocycles. The average Bonchev–Trinajstić information content (AvgIpc) is 3.12. The highest BCUT2D eigenvalue weighted by atomic mass is 32.2. The van der Waals surface area contributed by atoms with Crippen LogP contribution in [0.4, 0.5) is 5.69 Å². The first-order valence-corrected chi connectivity index (χ1v) is 10.6. The summed E-state index contributed by atoms with van der Waals surface area (Å²) < 4.78 is 32.6. The first-order valence-electron chi connectivity index (χ1n) is 9.13. The van der Waals surface area contributed by atoms with E-state index in [9.17, 15) is 18.3 Å². The topological polar surface area (TPSA) is 95.9 Å². The molecule has 0 bridgehead atoms.